The van der Waals surface area contributed by atoms with Gasteiger partial charge in [0.15, 0.2) is 0 Å². The molecule has 0 atom stereocenters. The summed E-state index contributed by atoms with van der Waals surface area (Å²) in [4.78, 5) is 3.89. The summed E-state index contributed by atoms with van der Waals surface area (Å²) >= 11 is 0. The van der Waals surface area contributed by atoms with Gasteiger partial charge in [-0.15, -0.1) is 0 Å². The third kappa shape index (κ3) is 1.66. The van der Waals surface area contributed by atoms with Crippen LogP contribution in [0, 0.1) is 0 Å². The van der Waals surface area contributed by atoms with Crippen LogP contribution in [-0.4, -0.2) is 15.2 Å². The maximum Gasteiger partial charge on any atom is 0.119 e. The third-order valence-electron chi connectivity index (χ3n) is 1.92. The van der Waals surface area contributed by atoms with Crippen LogP contribution in [0.4, 0.5) is 0 Å². The van der Waals surface area contributed by atoms with Crippen LogP contribution in [0.1, 0.15) is 0 Å². The van der Waals surface area contributed by atoms with Crippen LogP contribution in [0.25, 0.3) is 11.1 Å². The van der Waals surface area contributed by atoms with Crippen molar-refractivity contribution in [1.82, 2.24) is 4.98 Å². The second kappa shape index (κ2) is 3.38. The molecule has 0 saturated carbocycles. The summed E-state index contributed by atoms with van der Waals surface area (Å²) < 4.78 is 0. The van der Waals surface area contributed by atoms with Crippen molar-refractivity contribution in [2.75, 3.05) is 0 Å². The Bertz CT molecular complexity index is 420. The Kier molecular flexibility index (Phi) is 2.07. The van der Waals surface area contributed by atoms with Gasteiger partial charge >= 0.3 is 0 Å². The highest BCUT2D eigenvalue weighted by Gasteiger charge is 2.00. The van der Waals surface area contributed by atoms with E-state index in [1.807, 2.05) is 12.1 Å². The van der Waals surface area contributed by atoms with Gasteiger partial charge in [-0.1, -0.05) is 0 Å². The van der Waals surface area contributed by atoms with Gasteiger partial charge in [0, 0.05) is 18.5 Å². The molecule has 1 aromatic heterocycles. The second-order valence-electron chi connectivity index (χ2n) is 2.97. The number of rotatable bonds is 1. The van der Waals surface area contributed by atoms with Crippen molar-refractivity contribution >= 4 is 0 Å². The molecule has 0 bridgehead atoms. The van der Waals surface area contributed by atoms with Crippen LogP contribution in [0.15, 0.2) is 42.7 Å². The molecule has 1 aromatic carbocycles. The molecule has 2 N–H and O–H groups in total. The molecular formula is C11H9NO2. The highest BCUT2D eigenvalue weighted by atomic mass is 16.3. The highest BCUT2D eigenvalue weighted by molar-refractivity contribution is 5.66. The first-order valence-corrected chi connectivity index (χ1v) is 4.19. The van der Waals surface area contributed by atoms with Crippen molar-refractivity contribution in [2.24, 2.45) is 0 Å². The van der Waals surface area contributed by atoms with Crippen LogP contribution in [0.2, 0.25) is 0 Å². The van der Waals surface area contributed by atoms with Gasteiger partial charge in [0.1, 0.15) is 11.5 Å². The summed E-state index contributed by atoms with van der Waals surface area (Å²) in [5.74, 6) is 0.105. The Morgan fingerprint density at radius 1 is 0.786 bits per heavy atom. The summed E-state index contributed by atoms with van der Waals surface area (Å²) in [6.07, 6.45) is 3.33. The average molecular weight is 187 g/mol. The van der Waals surface area contributed by atoms with Gasteiger partial charge in [-0.25, -0.2) is 0 Å². The summed E-state index contributed by atoms with van der Waals surface area (Å²) in [7, 11) is 0. The van der Waals surface area contributed by atoms with Crippen molar-refractivity contribution in [3.8, 4) is 22.6 Å². The lowest BCUT2D eigenvalue weighted by molar-refractivity contribution is 0.451. The van der Waals surface area contributed by atoms with Gasteiger partial charge in [0.25, 0.3) is 0 Å². The zero-order valence-electron chi connectivity index (χ0n) is 7.38. The second-order valence-corrected chi connectivity index (χ2v) is 2.97. The number of nitrogens with zero attached hydrogens (tertiary/aromatic N) is 1. The van der Waals surface area contributed by atoms with E-state index in [1.165, 1.54) is 6.07 Å². The van der Waals surface area contributed by atoms with Crippen LogP contribution in [-0.2, 0) is 0 Å². The van der Waals surface area contributed by atoms with Gasteiger partial charge in [-0.05, 0) is 35.4 Å². The molecule has 0 radical (unpaired) electrons. The van der Waals surface area contributed by atoms with Gasteiger partial charge in [0.2, 0.25) is 0 Å². The number of phenolic OH excluding ortho intramolecular Hbond substituents is 2. The van der Waals surface area contributed by atoms with Crippen LogP contribution in [0.5, 0.6) is 11.5 Å². The van der Waals surface area contributed by atoms with Crippen molar-refractivity contribution in [3.05, 3.63) is 42.7 Å². The van der Waals surface area contributed by atoms with Crippen LogP contribution < -0.4 is 0 Å². The molecule has 2 aromatic rings. The number of hydrogen-bond acceptors (Lipinski definition) is 3. The molecule has 0 saturated heterocycles. The van der Waals surface area contributed by atoms with E-state index in [1.54, 1.807) is 24.5 Å². The summed E-state index contributed by atoms with van der Waals surface area (Å²) in [5, 5.41) is 18.6. The molecule has 1 heterocycles. The molecule has 0 aliphatic rings. The fraction of sp³-hybridized carbons (Fsp3) is 0. The van der Waals surface area contributed by atoms with E-state index in [4.69, 9.17) is 0 Å². The number of phenols is 2. The number of aromatic nitrogens is 1. The van der Waals surface area contributed by atoms with Crippen molar-refractivity contribution < 1.29 is 10.2 Å². The minimum Gasteiger partial charge on any atom is -0.508 e. The topological polar surface area (TPSA) is 53.4 Å². The molecule has 0 spiro atoms. The predicted molar refractivity (Wildman–Crippen MR) is 53.0 cm³/mol. The summed E-state index contributed by atoms with van der Waals surface area (Å²) in [5.41, 5.74) is 1.68. The first kappa shape index (κ1) is 8.56. The Morgan fingerprint density at radius 3 is 1.93 bits per heavy atom. The van der Waals surface area contributed by atoms with Crippen molar-refractivity contribution in [3.63, 3.8) is 0 Å². The number of benzene rings is 1. The Morgan fingerprint density at radius 2 is 1.36 bits per heavy atom. The number of pyridine rings is 1. The van der Waals surface area contributed by atoms with Crippen molar-refractivity contribution in [2.45, 2.75) is 0 Å². The average Bonchev–Trinajstić information content (AvgIpc) is 2.18. The van der Waals surface area contributed by atoms with E-state index in [0.717, 1.165) is 11.1 Å². The van der Waals surface area contributed by atoms with Gasteiger partial charge in [-0.3, -0.25) is 4.98 Å². The van der Waals surface area contributed by atoms with E-state index < -0.39 is 0 Å². The molecule has 14 heavy (non-hydrogen) atoms. The normalized spacial score (nSPS) is 10.0. The van der Waals surface area contributed by atoms with Gasteiger partial charge in [-0.2, -0.15) is 0 Å². The molecule has 70 valence electrons. The molecule has 3 nitrogen and oxygen atoms in total. The van der Waals surface area contributed by atoms with Crippen LogP contribution >= 0.6 is 0 Å². The first-order valence-electron chi connectivity index (χ1n) is 4.19. The Labute approximate surface area is 81.3 Å². The van der Waals surface area contributed by atoms with E-state index in [2.05, 4.69) is 4.98 Å². The number of aromatic hydroxyl groups is 2. The molecule has 0 unspecified atom stereocenters. The number of hydrogen-bond donors (Lipinski definition) is 2. The Balaban J connectivity index is 2.52. The molecule has 0 amide bonds. The largest absolute Gasteiger partial charge is 0.508 e. The lowest BCUT2D eigenvalue weighted by Gasteiger charge is -2.02. The molecular weight excluding hydrogens is 178 g/mol. The van der Waals surface area contributed by atoms with E-state index in [0.29, 0.717) is 0 Å². The molecule has 2 rings (SSSR count). The zero-order chi connectivity index (χ0) is 9.97. The molecule has 0 fully saturated rings. The maximum atomic E-state index is 9.28. The molecule has 0 aliphatic carbocycles. The minimum atomic E-state index is 0.0526. The first-order chi connectivity index (χ1) is 6.75. The fourth-order valence-electron chi connectivity index (χ4n) is 1.31. The quantitative estimate of drug-likeness (QED) is 0.719. The predicted octanol–water partition coefficient (Wildman–Crippen LogP) is 2.16. The third-order valence-corrected chi connectivity index (χ3v) is 1.92. The molecule has 0 aliphatic heterocycles. The maximum absolute atomic E-state index is 9.28. The van der Waals surface area contributed by atoms with E-state index in [9.17, 15) is 10.2 Å². The van der Waals surface area contributed by atoms with E-state index >= 15 is 0 Å². The monoisotopic (exact) mass is 187 g/mol. The van der Waals surface area contributed by atoms with Gasteiger partial charge < -0.3 is 10.2 Å². The smallest absolute Gasteiger partial charge is 0.119 e. The lowest BCUT2D eigenvalue weighted by atomic mass is 10.1. The SMILES string of the molecule is Oc1cc(O)cc(-c2ccncc2)c1. The van der Waals surface area contributed by atoms with Crippen LogP contribution in [0.3, 0.4) is 0 Å². The standard InChI is InChI=1S/C11H9NO2/c13-10-5-9(6-11(14)7-10)8-1-3-12-4-2-8/h1-7,13-14H. The zero-order valence-corrected chi connectivity index (χ0v) is 7.38. The summed E-state index contributed by atoms with van der Waals surface area (Å²) in [6.45, 7) is 0. The Hall–Kier alpha value is -2.03. The highest BCUT2D eigenvalue weighted by Crippen LogP contribution is 2.27. The van der Waals surface area contributed by atoms with Gasteiger partial charge in [0.05, 0.1) is 0 Å². The fourth-order valence-corrected chi connectivity index (χ4v) is 1.31. The molecule has 3 heteroatoms. The summed E-state index contributed by atoms with van der Waals surface area (Å²) in [6, 6.07) is 8.11. The minimum absolute atomic E-state index is 0.0526. The lowest BCUT2D eigenvalue weighted by Crippen LogP contribution is -1.78. The van der Waals surface area contributed by atoms with Crippen molar-refractivity contribution in [1.29, 1.82) is 0 Å². The van der Waals surface area contributed by atoms with E-state index in [-0.39, 0.29) is 11.5 Å².